The van der Waals surface area contributed by atoms with Gasteiger partial charge in [0.25, 0.3) is 0 Å². The number of hydrogen-bond acceptors (Lipinski definition) is 4. The molecule has 1 atom stereocenters. The first kappa shape index (κ1) is 14.6. The molecular formula is C16H18N2O4. The number of nitrogens with zero attached hydrogens (tertiary/aromatic N) is 1. The maximum Gasteiger partial charge on any atom is 0.410 e. The van der Waals surface area contributed by atoms with Crippen LogP contribution in [0, 0.1) is 5.92 Å². The first-order chi connectivity index (χ1) is 10.6. The minimum atomic E-state index is -0.759. The average Bonchev–Trinajstić information content (AvgIpc) is 3.25. The first-order valence-corrected chi connectivity index (χ1v) is 7.42. The van der Waals surface area contributed by atoms with Gasteiger partial charge in [0.05, 0.1) is 6.54 Å². The number of benzene rings is 1. The lowest BCUT2D eigenvalue weighted by Gasteiger charge is -2.15. The number of nitrogens with one attached hydrogen (secondary N) is 1. The second-order valence-electron chi connectivity index (χ2n) is 5.72. The molecule has 0 spiro atoms. The van der Waals surface area contributed by atoms with Crippen molar-refractivity contribution in [3.05, 3.63) is 35.9 Å². The van der Waals surface area contributed by atoms with Crippen molar-refractivity contribution in [1.82, 2.24) is 10.2 Å². The zero-order valence-corrected chi connectivity index (χ0v) is 12.2. The van der Waals surface area contributed by atoms with Crippen molar-refractivity contribution >= 4 is 17.8 Å². The summed E-state index contributed by atoms with van der Waals surface area (Å²) in [6.07, 6.45) is 1.38. The Labute approximate surface area is 128 Å². The second kappa shape index (κ2) is 6.17. The summed E-state index contributed by atoms with van der Waals surface area (Å²) in [5.74, 6) is -1.26. The molecule has 116 valence electrons. The molecule has 1 N–H and O–H groups in total. The molecule has 1 saturated carbocycles. The van der Waals surface area contributed by atoms with Crippen LogP contribution in [0.4, 0.5) is 4.79 Å². The van der Waals surface area contributed by atoms with E-state index < -0.39 is 12.0 Å². The molecule has 3 rings (SSSR count). The molecule has 0 unspecified atom stereocenters. The van der Waals surface area contributed by atoms with Crippen LogP contribution in [0.25, 0.3) is 0 Å². The molecule has 2 aliphatic rings. The van der Waals surface area contributed by atoms with Crippen molar-refractivity contribution in [2.24, 2.45) is 5.92 Å². The molecule has 2 amide bonds. The highest BCUT2D eigenvalue weighted by Crippen LogP contribution is 2.21. The number of hydrogen-bond donors (Lipinski definition) is 1. The molecule has 6 nitrogen and oxygen atoms in total. The zero-order valence-electron chi connectivity index (χ0n) is 12.2. The van der Waals surface area contributed by atoms with Crippen LogP contribution in [0.3, 0.4) is 0 Å². The molecule has 1 aromatic rings. The molecule has 6 heteroatoms. The topological polar surface area (TPSA) is 75.7 Å². The van der Waals surface area contributed by atoms with Gasteiger partial charge in [0.2, 0.25) is 5.91 Å². The van der Waals surface area contributed by atoms with Gasteiger partial charge in [-0.05, 0) is 18.4 Å². The monoisotopic (exact) mass is 302 g/mol. The van der Waals surface area contributed by atoms with E-state index in [9.17, 15) is 14.4 Å². The van der Waals surface area contributed by atoms with E-state index in [1.807, 2.05) is 30.3 Å². The summed E-state index contributed by atoms with van der Waals surface area (Å²) in [4.78, 5) is 37.1. The third kappa shape index (κ3) is 3.44. The molecule has 0 radical (unpaired) electrons. The highest BCUT2D eigenvalue weighted by molar-refractivity contribution is 6.05. The number of amides is 2. The lowest BCUT2D eigenvalue weighted by atomic mass is 10.1. The Kier molecular flexibility index (Phi) is 4.09. The molecule has 1 aliphatic carbocycles. The quantitative estimate of drug-likeness (QED) is 0.845. The Hall–Kier alpha value is -2.37. The number of ether oxygens (including phenoxy) is 1. The van der Waals surface area contributed by atoms with E-state index in [1.165, 1.54) is 4.90 Å². The Balaban J connectivity index is 1.51. The zero-order chi connectivity index (χ0) is 15.5. The van der Waals surface area contributed by atoms with Gasteiger partial charge in [-0.15, -0.1) is 0 Å². The van der Waals surface area contributed by atoms with Gasteiger partial charge in [0.15, 0.2) is 5.78 Å². The van der Waals surface area contributed by atoms with E-state index in [0.717, 1.165) is 18.4 Å². The fourth-order valence-corrected chi connectivity index (χ4v) is 2.39. The van der Waals surface area contributed by atoms with E-state index in [4.69, 9.17) is 4.74 Å². The molecule has 1 aromatic carbocycles. The Morgan fingerprint density at radius 2 is 1.95 bits per heavy atom. The second-order valence-corrected chi connectivity index (χ2v) is 5.72. The van der Waals surface area contributed by atoms with Gasteiger partial charge in [-0.3, -0.25) is 14.5 Å². The van der Waals surface area contributed by atoms with Crippen LogP contribution < -0.4 is 5.32 Å². The molecule has 0 aromatic heterocycles. The third-order valence-corrected chi connectivity index (χ3v) is 3.84. The summed E-state index contributed by atoms with van der Waals surface area (Å²) in [5.41, 5.74) is 0.879. The van der Waals surface area contributed by atoms with E-state index >= 15 is 0 Å². The molecule has 0 bridgehead atoms. The summed E-state index contributed by atoms with van der Waals surface area (Å²) in [6, 6.07) is 9.52. The summed E-state index contributed by atoms with van der Waals surface area (Å²) >= 11 is 0. The smallest absolute Gasteiger partial charge is 0.410 e. The van der Waals surface area contributed by atoms with E-state index in [-0.39, 0.29) is 37.4 Å². The van der Waals surface area contributed by atoms with Gasteiger partial charge in [-0.2, -0.15) is 0 Å². The van der Waals surface area contributed by atoms with E-state index in [0.29, 0.717) is 0 Å². The van der Waals surface area contributed by atoms with Gasteiger partial charge >= 0.3 is 6.09 Å². The number of rotatable bonds is 4. The first-order valence-electron chi connectivity index (χ1n) is 7.42. The molecule has 1 saturated heterocycles. The Morgan fingerprint density at radius 3 is 2.64 bits per heavy atom. The van der Waals surface area contributed by atoms with Crippen LogP contribution >= 0.6 is 0 Å². The molecule has 22 heavy (non-hydrogen) atoms. The number of likely N-dealkylation sites (tertiary alicyclic amines) is 1. The van der Waals surface area contributed by atoms with Crippen LogP contribution in [0.2, 0.25) is 0 Å². The van der Waals surface area contributed by atoms with Crippen LogP contribution in [0.1, 0.15) is 18.4 Å². The van der Waals surface area contributed by atoms with Crippen molar-refractivity contribution in [2.75, 3.05) is 13.1 Å². The lowest BCUT2D eigenvalue weighted by molar-refractivity contribution is -0.131. The van der Waals surface area contributed by atoms with Gasteiger partial charge in [0.1, 0.15) is 12.5 Å². The maximum atomic E-state index is 12.0. The average molecular weight is 302 g/mol. The number of ketones is 1. The van der Waals surface area contributed by atoms with Crippen molar-refractivity contribution in [3.8, 4) is 0 Å². The van der Waals surface area contributed by atoms with E-state index in [2.05, 4.69) is 5.32 Å². The molecular weight excluding hydrogens is 284 g/mol. The van der Waals surface area contributed by atoms with Crippen molar-refractivity contribution < 1.29 is 19.1 Å². The number of Topliss-reactive ketones (excluding diaryl/α,β-unsaturated/α-hetero) is 1. The molecule has 2 fully saturated rings. The van der Waals surface area contributed by atoms with Crippen molar-refractivity contribution in [1.29, 1.82) is 0 Å². The van der Waals surface area contributed by atoms with Gasteiger partial charge < -0.3 is 10.1 Å². The fourth-order valence-electron chi connectivity index (χ4n) is 2.39. The van der Waals surface area contributed by atoms with Crippen LogP contribution in [-0.4, -0.2) is 41.8 Å². The maximum absolute atomic E-state index is 12.0. The third-order valence-electron chi connectivity index (χ3n) is 3.84. The van der Waals surface area contributed by atoms with Crippen LogP contribution in [-0.2, 0) is 20.9 Å². The lowest BCUT2D eigenvalue weighted by Crippen LogP contribution is -2.37. The SMILES string of the molecule is O=C1CN(C(=O)OCc2ccccc2)C[C@H]1C(=O)NC1CC1. The Bertz CT molecular complexity index is 583. The molecule has 1 aliphatic heterocycles. The number of carbonyl (C=O) groups excluding carboxylic acids is 3. The van der Waals surface area contributed by atoms with Gasteiger partial charge in [0, 0.05) is 12.6 Å². The van der Waals surface area contributed by atoms with Crippen LogP contribution in [0.5, 0.6) is 0 Å². The minimum Gasteiger partial charge on any atom is -0.445 e. The predicted molar refractivity (Wildman–Crippen MR) is 77.9 cm³/mol. The highest BCUT2D eigenvalue weighted by atomic mass is 16.6. The summed E-state index contributed by atoms with van der Waals surface area (Å²) in [5, 5.41) is 2.80. The van der Waals surface area contributed by atoms with Crippen molar-refractivity contribution in [3.63, 3.8) is 0 Å². The Morgan fingerprint density at radius 1 is 1.23 bits per heavy atom. The van der Waals surface area contributed by atoms with E-state index in [1.54, 1.807) is 0 Å². The minimum absolute atomic E-state index is 0.0592. The number of carbonyl (C=O) groups is 3. The summed E-state index contributed by atoms with van der Waals surface area (Å²) < 4.78 is 5.18. The van der Waals surface area contributed by atoms with Crippen LogP contribution in [0.15, 0.2) is 30.3 Å². The largest absolute Gasteiger partial charge is 0.445 e. The standard InChI is InChI=1S/C16H18N2O4/c19-14-9-18(8-13(14)15(20)17-12-6-7-12)16(21)22-10-11-4-2-1-3-5-11/h1-5,12-13H,6-10H2,(H,17,20)/t13-/m1/s1. The fraction of sp³-hybridized carbons (Fsp3) is 0.438. The normalized spacial score (nSPS) is 20.8. The summed E-state index contributed by atoms with van der Waals surface area (Å²) in [7, 11) is 0. The summed E-state index contributed by atoms with van der Waals surface area (Å²) in [6.45, 7) is 0.199. The van der Waals surface area contributed by atoms with Gasteiger partial charge in [-0.1, -0.05) is 30.3 Å². The predicted octanol–water partition coefficient (Wildman–Crippen LogP) is 1.10. The highest BCUT2D eigenvalue weighted by Gasteiger charge is 2.40. The van der Waals surface area contributed by atoms with Crippen molar-refractivity contribution in [2.45, 2.75) is 25.5 Å². The van der Waals surface area contributed by atoms with Gasteiger partial charge in [-0.25, -0.2) is 4.79 Å². The molecule has 1 heterocycles.